The van der Waals surface area contributed by atoms with Gasteiger partial charge in [-0.2, -0.15) is 0 Å². The van der Waals surface area contributed by atoms with E-state index < -0.39 is 0 Å². The van der Waals surface area contributed by atoms with Gasteiger partial charge in [-0.15, -0.1) is 0 Å². The lowest BCUT2D eigenvalue weighted by atomic mass is 9.91. The zero-order chi connectivity index (χ0) is 21.8. The number of amides is 2. The molecular weight excluding hydrogens is 384 g/mol. The first-order valence-electron chi connectivity index (χ1n) is 10.8. The van der Waals surface area contributed by atoms with Crippen LogP contribution in [-0.4, -0.2) is 24.9 Å². The average Bonchev–Trinajstić information content (AvgIpc) is 3.19. The molecule has 0 unspecified atom stereocenters. The van der Waals surface area contributed by atoms with Gasteiger partial charge in [0.05, 0.1) is 5.92 Å². The fraction of sp³-hybridized carbons (Fsp3) is 0.259. The van der Waals surface area contributed by atoms with Crippen LogP contribution in [0.4, 0.5) is 5.69 Å². The van der Waals surface area contributed by atoms with Gasteiger partial charge in [0.15, 0.2) is 0 Å². The number of carbonyl (C=O) groups is 2. The Labute approximate surface area is 183 Å². The number of hydrogen-bond donors (Lipinski definition) is 1. The van der Waals surface area contributed by atoms with Crippen LogP contribution in [0.25, 0.3) is 0 Å². The number of carbonyl (C=O) groups excluding carboxylic acids is 2. The second-order valence-electron chi connectivity index (χ2n) is 8.29. The molecule has 4 rings (SSSR count). The lowest BCUT2D eigenvalue weighted by Crippen LogP contribution is -2.35. The molecule has 1 N–H and O–H groups in total. The van der Waals surface area contributed by atoms with Crippen molar-refractivity contribution in [1.82, 2.24) is 5.32 Å². The van der Waals surface area contributed by atoms with Crippen molar-refractivity contribution < 1.29 is 9.59 Å². The van der Waals surface area contributed by atoms with Gasteiger partial charge in [-0.3, -0.25) is 9.59 Å². The van der Waals surface area contributed by atoms with Crippen LogP contribution in [0.15, 0.2) is 78.9 Å². The highest BCUT2D eigenvalue weighted by molar-refractivity contribution is 6.00. The van der Waals surface area contributed by atoms with Gasteiger partial charge in [0.1, 0.15) is 0 Å². The van der Waals surface area contributed by atoms with Gasteiger partial charge in [-0.25, -0.2) is 0 Å². The van der Waals surface area contributed by atoms with Crippen molar-refractivity contribution >= 4 is 17.5 Å². The maximum Gasteiger partial charge on any atom is 0.227 e. The lowest BCUT2D eigenvalue weighted by Gasteiger charge is -2.21. The Kier molecular flexibility index (Phi) is 6.17. The van der Waals surface area contributed by atoms with Crippen LogP contribution in [0, 0.1) is 19.8 Å². The van der Waals surface area contributed by atoms with E-state index in [0.717, 1.165) is 22.4 Å². The second kappa shape index (κ2) is 9.17. The molecule has 158 valence electrons. The number of anilines is 1. The summed E-state index contributed by atoms with van der Waals surface area (Å²) in [6, 6.07) is 26.4. The number of benzene rings is 3. The molecule has 4 heteroatoms. The van der Waals surface area contributed by atoms with Crippen molar-refractivity contribution in [3.05, 3.63) is 101 Å². The first kappa shape index (κ1) is 20.9. The molecule has 0 saturated carbocycles. The van der Waals surface area contributed by atoms with E-state index in [2.05, 4.69) is 36.5 Å². The minimum atomic E-state index is -0.332. The average molecular weight is 413 g/mol. The smallest absolute Gasteiger partial charge is 0.227 e. The Morgan fingerprint density at radius 2 is 1.55 bits per heavy atom. The molecule has 1 saturated heterocycles. The molecule has 0 spiro atoms. The van der Waals surface area contributed by atoms with E-state index in [1.165, 1.54) is 5.56 Å². The summed E-state index contributed by atoms with van der Waals surface area (Å²) < 4.78 is 0. The van der Waals surface area contributed by atoms with Crippen molar-refractivity contribution in [2.24, 2.45) is 5.92 Å². The molecule has 1 fully saturated rings. The number of rotatable bonds is 6. The second-order valence-corrected chi connectivity index (χ2v) is 8.29. The van der Waals surface area contributed by atoms with E-state index in [1.54, 1.807) is 4.90 Å². The Bertz CT molecular complexity index is 1020. The third-order valence-corrected chi connectivity index (χ3v) is 6.18. The van der Waals surface area contributed by atoms with E-state index in [-0.39, 0.29) is 30.1 Å². The summed E-state index contributed by atoms with van der Waals surface area (Å²) in [5.74, 6) is -0.316. The molecule has 0 aliphatic carbocycles. The quantitative estimate of drug-likeness (QED) is 0.643. The number of nitrogens with zero attached hydrogens (tertiary/aromatic N) is 1. The molecule has 0 aromatic heterocycles. The van der Waals surface area contributed by atoms with E-state index in [0.29, 0.717) is 13.1 Å². The van der Waals surface area contributed by atoms with Gasteiger partial charge < -0.3 is 10.2 Å². The van der Waals surface area contributed by atoms with Crippen molar-refractivity contribution in [2.75, 3.05) is 18.0 Å². The summed E-state index contributed by atoms with van der Waals surface area (Å²) in [6.07, 6.45) is 0.250. The standard InChI is InChI=1S/C27H28N2O2/c1-19-13-14-24(15-20(19)2)29-18-23(16-26(29)30)27(31)28-17-25(21-9-5-3-6-10-21)22-11-7-4-8-12-22/h3-15,23,25H,16-18H2,1-2H3,(H,28,31)/t23-/m0/s1. The van der Waals surface area contributed by atoms with Gasteiger partial charge in [0.2, 0.25) is 11.8 Å². The molecular formula is C27H28N2O2. The summed E-state index contributed by atoms with van der Waals surface area (Å²) in [5.41, 5.74) is 5.53. The molecule has 31 heavy (non-hydrogen) atoms. The molecule has 3 aromatic carbocycles. The SMILES string of the molecule is Cc1ccc(N2C[C@@H](C(=O)NCC(c3ccccc3)c3ccccc3)CC2=O)cc1C. The van der Waals surface area contributed by atoms with Gasteiger partial charge in [0.25, 0.3) is 0 Å². The van der Waals surface area contributed by atoms with Crippen molar-refractivity contribution in [1.29, 1.82) is 0 Å². The highest BCUT2D eigenvalue weighted by Gasteiger charge is 2.35. The Morgan fingerprint density at radius 1 is 0.935 bits per heavy atom. The minimum absolute atomic E-state index is 0.00562. The molecule has 0 radical (unpaired) electrons. The van der Waals surface area contributed by atoms with Crippen LogP contribution in [0.2, 0.25) is 0 Å². The maximum atomic E-state index is 13.0. The van der Waals surface area contributed by atoms with Crippen LogP contribution in [0.5, 0.6) is 0 Å². The van der Waals surface area contributed by atoms with Crippen LogP contribution in [-0.2, 0) is 9.59 Å². The number of nitrogens with one attached hydrogen (secondary N) is 1. The first-order chi connectivity index (χ1) is 15.0. The summed E-state index contributed by atoms with van der Waals surface area (Å²) >= 11 is 0. The van der Waals surface area contributed by atoms with Crippen LogP contribution >= 0.6 is 0 Å². The maximum absolute atomic E-state index is 13.0. The molecule has 4 nitrogen and oxygen atoms in total. The van der Waals surface area contributed by atoms with E-state index in [1.807, 2.05) is 61.5 Å². The van der Waals surface area contributed by atoms with Gasteiger partial charge in [-0.1, -0.05) is 66.7 Å². The van der Waals surface area contributed by atoms with Gasteiger partial charge in [0, 0.05) is 31.1 Å². The summed E-state index contributed by atoms with van der Waals surface area (Å²) in [5, 5.41) is 3.12. The minimum Gasteiger partial charge on any atom is -0.355 e. The molecule has 1 aliphatic heterocycles. The van der Waals surface area contributed by atoms with E-state index >= 15 is 0 Å². The Balaban J connectivity index is 1.45. The highest BCUT2D eigenvalue weighted by Crippen LogP contribution is 2.28. The number of hydrogen-bond acceptors (Lipinski definition) is 2. The third kappa shape index (κ3) is 4.69. The monoisotopic (exact) mass is 412 g/mol. The fourth-order valence-corrected chi connectivity index (χ4v) is 4.17. The third-order valence-electron chi connectivity index (χ3n) is 6.18. The predicted octanol–water partition coefficient (Wildman–Crippen LogP) is 4.60. The largest absolute Gasteiger partial charge is 0.355 e. The van der Waals surface area contributed by atoms with Gasteiger partial charge in [-0.05, 0) is 48.2 Å². The summed E-state index contributed by atoms with van der Waals surface area (Å²) in [7, 11) is 0. The zero-order valence-electron chi connectivity index (χ0n) is 18.0. The molecule has 2 amide bonds. The van der Waals surface area contributed by atoms with Crippen molar-refractivity contribution in [3.8, 4) is 0 Å². The van der Waals surface area contributed by atoms with Gasteiger partial charge >= 0.3 is 0 Å². The molecule has 1 heterocycles. The zero-order valence-corrected chi connectivity index (χ0v) is 18.0. The highest BCUT2D eigenvalue weighted by atomic mass is 16.2. The first-order valence-corrected chi connectivity index (χ1v) is 10.8. The van der Waals surface area contributed by atoms with E-state index in [9.17, 15) is 9.59 Å². The predicted molar refractivity (Wildman–Crippen MR) is 124 cm³/mol. The molecule has 0 bridgehead atoms. The van der Waals surface area contributed by atoms with Crippen LogP contribution in [0.1, 0.15) is 34.6 Å². The van der Waals surface area contributed by atoms with Crippen molar-refractivity contribution in [2.45, 2.75) is 26.2 Å². The van der Waals surface area contributed by atoms with E-state index in [4.69, 9.17) is 0 Å². The normalized spacial score (nSPS) is 16.0. The number of aryl methyl sites for hydroxylation is 2. The summed E-state index contributed by atoms with van der Waals surface area (Å²) in [4.78, 5) is 27.3. The lowest BCUT2D eigenvalue weighted by molar-refractivity contribution is -0.126. The van der Waals surface area contributed by atoms with Crippen molar-refractivity contribution in [3.63, 3.8) is 0 Å². The topological polar surface area (TPSA) is 49.4 Å². The van der Waals surface area contributed by atoms with Crippen LogP contribution < -0.4 is 10.2 Å². The Hall–Kier alpha value is -3.40. The molecule has 3 aromatic rings. The Morgan fingerprint density at radius 3 is 2.13 bits per heavy atom. The fourth-order valence-electron chi connectivity index (χ4n) is 4.17. The van der Waals surface area contributed by atoms with Crippen LogP contribution in [0.3, 0.4) is 0 Å². The molecule has 1 aliphatic rings. The molecule has 1 atom stereocenters. The summed E-state index contributed by atoms with van der Waals surface area (Å²) in [6.45, 7) is 5.02.